The van der Waals surface area contributed by atoms with Gasteiger partial charge in [-0.2, -0.15) is 0 Å². The summed E-state index contributed by atoms with van der Waals surface area (Å²) in [6.07, 6.45) is 0.594. The number of amides is 1. The molecule has 0 aromatic heterocycles. The third-order valence-corrected chi connectivity index (χ3v) is 2.18. The Morgan fingerprint density at radius 2 is 2.00 bits per heavy atom. The van der Waals surface area contributed by atoms with E-state index in [0.29, 0.717) is 18.8 Å². The molecule has 1 amide bonds. The Morgan fingerprint density at radius 3 is 2.64 bits per heavy atom. The van der Waals surface area contributed by atoms with Gasteiger partial charge < -0.3 is 10.5 Å². The molecule has 0 saturated carbocycles. The first kappa shape index (κ1) is 8.87. The summed E-state index contributed by atoms with van der Waals surface area (Å²) in [6.45, 7) is 1.23. The van der Waals surface area contributed by atoms with E-state index in [-0.39, 0.29) is 6.09 Å². The molecule has 1 aliphatic rings. The van der Waals surface area contributed by atoms with Gasteiger partial charge in [-0.1, -0.05) is 0 Å². The monoisotopic (exact) mass is 192 g/mol. The summed E-state index contributed by atoms with van der Waals surface area (Å²) >= 11 is 0. The van der Waals surface area contributed by atoms with Crippen LogP contribution in [0, 0.1) is 0 Å². The van der Waals surface area contributed by atoms with Gasteiger partial charge in [0, 0.05) is 17.9 Å². The number of carbonyl (C=O) groups excluding carboxylic acids is 1. The summed E-state index contributed by atoms with van der Waals surface area (Å²) < 4.78 is 4.93. The van der Waals surface area contributed by atoms with E-state index in [4.69, 9.17) is 10.5 Å². The highest BCUT2D eigenvalue weighted by molar-refractivity contribution is 5.88. The van der Waals surface area contributed by atoms with Gasteiger partial charge in [-0.3, -0.25) is 4.90 Å². The molecule has 0 radical (unpaired) electrons. The first-order chi connectivity index (χ1) is 6.77. The quantitative estimate of drug-likeness (QED) is 0.688. The summed E-state index contributed by atoms with van der Waals surface area (Å²) in [5, 5.41) is 0. The predicted octanol–water partition coefficient (Wildman–Crippen LogP) is 1.62. The number of nitrogens with zero attached hydrogens (tertiary/aromatic N) is 1. The Bertz CT molecular complexity index is 334. The molecule has 1 aromatic carbocycles. The van der Waals surface area contributed by atoms with Gasteiger partial charge in [0.15, 0.2) is 0 Å². The van der Waals surface area contributed by atoms with Gasteiger partial charge in [0.2, 0.25) is 0 Å². The highest BCUT2D eigenvalue weighted by Gasteiger charge is 2.20. The average Bonchev–Trinajstić information content (AvgIpc) is 2.20. The molecule has 14 heavy (non-hydrogen) atoms. The van der Waals surface area contributed by atoms with Gasteiger partial charge in [-0.05, 0) is 30.7 Å². The minimum absolute atomic E-state index is 0.277. The molecule has 4 nitrogen and oxygen atoms in total. The topological polar surface area (TPSA) is 55.6 Å². The normalized spacial score (nSPS) is 16.6. The van der Waals surface area contributed by atoms with Crippen molar-refractivity contribution in [2.45, 2.75) is 6.42 Å². The third-order valence-electron chi connectivity index (χ3n) is 2.18. The molecule has 0 bridgehead atoms. The lowest BCUT2D eigenvalue weighted by atomic mass is 10.2. The summed E-state index contributed by atoms with van der Waals surface area (Å²) in [7, 11) is 0. The SMILES string of the molecule is Nc1ccc(N2CCCOC2=O)cc1. The van der Waals surface area contributed by atoms with E-state index >= 15 is 0 Å². The minimum atomic E-state index is -0.277. The van der Waals surface area contributed by atoms with E-state index in [1.165, 1.54) is 0 Å². The van der Waals surface area contributed by atoms with Crippen LogP contribution in [0.3, 0.4) is 0 Å². The van der Waals surface area contributed by atoms with Crippen molar-refractivity contribution in [3.05, 3.63) is 24.3 Å². The van der Waals surface area contributed by atoms with Crippen LogP contribution >= 0.6 is 0 Å². The van der Waals surface area contributed by atoms with Gasteiger partial charge in [-0.15, -0.1) is 0 Å². The zero-order valence-corrected chi connectivity index (χ0v) is 7.77. The number of anilines is 2. The number of hydrogen-bond acceptors (Lipinski definition) is 3. The standard InChI is InChI=1S/C10H12N2O2/c11-8-2-4-9(5-3-8)12-6-1-7-14-10(12)13/h2-5H,1,6-7,11H2. The number of nitrogens with two attached hydrogens (primary N) is 1. The molecule has 1 aromatic rings. The predicted molar refractivity (Wildman–Crippen MR) is 54.2 cm³/mol. The van der Waals surface area contributed by atoms with E-state index in [2.05, 4.69) is 0 Å². The summed E-state index contributed by atoms with van der Waals surface area (Å²) in [5.74, 6) is 0. The molecule has 1 fully saturated rings. The zero-order valence-electron chi connectivity index (χ0n) is 7.77. The molecule has 1 saturated heterocycles. The van der Waals surface area contributed by atoms with E-state index < -0.39 is 0 Å². The average molecular weight is 192 g/mol. The summed E-state index contributed by atoms with van der Waals surface area (Å²) in [4.78, 5) is 13.0. The second kappa shape index (κ2) is 3.57. The van der Waals surface area contributed by atoms with Crippen molar-refractivity contribution in [3.63, 3.8) is 0 Å². The van der Waals surface area contributed by atoms with Crippen molar-refractivity contribution in [3.8, 4) is 0 Å². The molecular formula is C10H12N2O2. The van der Waals surface area contributed by atoms with Crippen LogP contribution in [0.15, 0.2) is 24.3 Å². The molecule has 74 valence electrons. The molecule has 1 heterocycles. The second-order valence-electron chi connectivity index (χ2n) is 3.21. The highest BCUT2D eigenvalue weighted by atomic mass is 16.6. The van der Waals surface area contributed by atoms with Crippen LogP contribution in [0.25, 0.3) is 0 Å². The summed E-state index contributed by atoms with van der Waals surface area (Å²) in [5.41, 5.74) is 7.09. The molecule has 0 unspecified atom stereocenters. The molecule has 2 rings (SSSR count). The second-order valence-corrected chi connectivity index (χ2v) is 3.21. The fourth-order valence-electron chi connectivity index (χ4n) is 1.44. The van der Waals surface area contributed by atoms with Crippen LogP contribution in [0.5, 0.6) is 0 Å². The maximum absolute atomic E-state index is 11.4. The number of carbonyl (C=O) groups is 1. The Labute approximate surface area is 82.3 Å². The van der Waals surface area contributed by atoms with Crippen molar-refractivity contribution >= 4 is 17.5 Å². The number of cyclic esters (lactones) is 1. The van der Waals surface area contributed by atoms with Crippen LogP contribution in [0.2, 0.25) is 0 Å². The third kappa shape index (κ3) is 1.64. The lowest BCUT2D eigenvalue weighted by Crippen LogP contribution is -2.37. The van der Waals surface area contributed by atoms with Crippen molar-refractivity contribution < 1.29 is 9.53 Å². The van der Waals surface area contributed by atoms with Gasteiger partial charge in [0.05, 0.1) is 6.61 Å². The van der Waals surface area contributed by atoms with Crippen LogP contribution in [0.1, 0.15) is 6.42 Å². The Morgan fingerprint density at radius 1 is 1.29 bits per heavy atom. The van der Waals surface area contributed by atoms with Crippen molar-refractivity contribution in [1.82, 2.24) is 0 Å². The van der Waals surface area contributed by atoms with Crippen molar-refractivity contribution in [1.29, 1.82) is 0 Å². The lowest BCUT2D eigenvalue weighted by molar-refractivity contribution is 0.140. The van der Waals surface area contributed by atoms with E-state index in [0.717, 1.165) is 12.1 Å². The number of benzene rings is 1. The van der Waals surface area contributed by atoms with Crippen LogP contribution < -0.4 is 10.6 Å². The maximum atomic E-state index is 11.4. The molecule has 0 aliphatic carbocycles. The summed E-state index contributed by atoms with van der Waals surface area (Å²) in [6, 6.07) is 7.19. The van der Waals surface area contributed by atoms with Gasteiger partial charge in [0.25, 0.3) is 0 Å². The molecule has 2 N–H and O–H groups in total. The number of rotatable bonds is 1. The van der Waals surface area contributed by atoms with E-state index in [1.54, 1.807) is 17.0 Å². The van der Waals surface area contributed by atoms with Gasteiger partial charge in [0.1, 0.15) is 0 Å². The maximum Gasteiger partial charge on any atom is 0.414 e. The van der Waals surface area contributed by atoms with Crippen molar-refractivity contribution in [2.75, 3.05) is 23.8 Å². The highest BCUT2D eigenvalue weighted by Crippen LogP contribution is 2.19. The van der Waals surface area contributed by atoms with E-state index in [1.807, 2.05) is 12.1 Å². The van der Waals surface area contributed by atoms with E-state index in [9.17, 15) is 4.79 Å². The van der Waals surface area contributed by atoms with Crippen LogP contribution in [-0.4, -0.2) is 19.2 Å². The van der Waals surface area contributed by atoms with Crippen LogP contribution in [0.4, 0.5) is 16.2 Å². The molecule has 0 spiro atoms. The van der Waals surface area contributed by atoms with Gasteiger partial charge >= 0.3 is 6.09 Å². The van der Waals surface area contributed by atoms with Gasteiger partial charge in [-0.25, -0.2) is 4.79 Å². The minimum Gasteiger partial charge on any atom is -0.449 e. The van der Waals surface area contributed by atoms with Crippen LogP contribution in [-0.2, 0) is 4.74 Å². The number of hydrogen-bond donors (Lipinski definition) is 1. The Kier molecular flexibility index (Phi) is 2.26. The first-order valence-electron chi connectivity index (χ1n) is 4.57. The Balaban J connectivity index is 2.20. The fraction of sp³-hybridized carbons (Fsp3) is 0.300. The number of ether oxygens (including phenoxy) is 1. The molecular weight excluding hydrogens is 180 g/mol. The zero-order chi connectivity index (χ0) is 9.97. The lowest BCUT2D eigenvalue weighted by Gasteiger charge is -2.26. The number of nitrogen functional groups attached to an aromatic ring is 1. The molecule has 4 heteroatoms. The molecule has 1 aliphatic heterocycles. The van der Waals surface area contributed by atoms with Crippen molar-refractivity contribution in [2.24, 2.45) is 0 Å². The molecule has 0 atom stereocenters. The smallest absolute Gasteiger partial charge is 0.414 e. The first-order valence-corrected chi connectivity index (χ1v) is 4.57. The largest absolute Gasteiger partial charge is 0.449 e. The fourth-order valence-corrected chi connectivity index (χ4v) is 1.44. The Hall–Kier alpha value is -1.71.